The van der Waals surface area contributed by atoms with Crippen molar-refractivity contribution in [2.24, 2.45) is 0 Å². The zero-order chi connectivity index (χ0) is 25.9. The molecule has 4 atom stereocenters. The molecule has 2 aliphatic heterocycles. The number of H-pyrrole nitrogens is 1. The molecule has 37 heavy (non-hydrogen) atoms. The fourth-order valence-corrected chi connectivity index (χ4v) is 4.93. The van der Waals surface area contributed by atoms with Crippen LogP contribution in [0.2, 0.25) is 0 Å². The molecule has 2 saturated heterocycles. The van der Waals surface area contributed by atoms with Gasteiger partial charge in [0, 0.05) is 24.5 Å². The average molecular weight is 529 g/mol. The SMILES string of the molecule is O=c1ccn([C@@H]2O[C@](CF)(COCc3ccccc3)[C@@H](OCc3ccccc3)[C@@]23COC(=S)O3)c(=O)[nH]1. The van der Waals surface area contributed by atoms with Crippen LogP contribution in [0.15, 0.2) is 82.5 Å². The van der Waals surface area contributed by atoms with E-state index in [1.165, 1.54) is 6.20 Å². The highest BCUT2D eigenvalue weighted by atomic mass is 32.1. The number of halogens is 1. The van der Waals surface area contributed by atoms with Crippen molar-refractivity contribution >= 4 is 17.5 Å². The minimum Gasteiger partial charge on any atom is -0.452 e. The number of ether oxygens (including phenoxy) is 5. The van der Waals surface area contributed by atoms with Gasteiger partial charge in [0.1, 0.15) is 19.4 Å². The lowest BCUT2D eigenvalue weighted by molar-refractivity contribution is -0.165. The average Bonchev–Trinajstić information content (AvgIpc) is 3.42. The lowest BCUT2D eigenvalue weighted by Crippen LogP contribution is -2.57. The Labute approximate surface area is 216 Å². The van der Waals surface area contributed by atoms with Gasteiger partial charge in [-0.2, -0.15) is 0 Å². The number of benzene rings is 2. The fraction of sp³-hybridized carbons (Fsp3) is 0.346. The number of thiocarbonyl (C=S) groups is 1. The van der Waals surface area contributed by atoms with Crippen molar-refractivity contribution in [1.29, 1.82) is 0 Å². The van der Waals surface area contributed by atoms with E-state index in [0.29, 0.717) is 0 Å². The van der Waals surface area contributed by atoms with Crippen LogP contribution in [0.4, 0.5) is 4.39 Å². The number of nitrogens with one attached hydrogen (secondary N) is 1. The molecule has 0 bridgehead atoms. The van der Waals surface area contributed by atoms with Crippen LogP contribution in [0.3, 0.4) is 0 Å². The summed E-state index contributed by atoms with van der Waals surface area (Å²) in [5, 5.41) is -0.181. The molecule has 5 rings (SSSR count). The molecular weight excluding hydrogens is 503 g/mol. The Morgan fingerprint density at radius 1 is 1.03 bits per heavy atom. The first-order valence-electron chi connectivity index (χ1n) is 11.6. The molecule has 3 aromatic rings. The first-order chi connectivity index (χ1) is 18.0. The van der Waals surface area contributed by atoms with Gasteiger partial charge in [-0.1, -0.05) is 60.7 Å². The zero-order valence-corrected chi connectivity index (χ0v) is 20.5. The van der Waals surface area contributed by atoms with Gasteiger partial charge in [0.25, 0.3) is 5.56 Å². The van der Waals surface area contributed by atoms with Gasteiger partial charge in [-0.15, -0.1) is 0 Å². The van der Waals surface area contributed by atoms with Gasteiger partial charge in [-0.3, -0.25) is 14.3 Å². The molecule has 0 unspecified atom stereocenters. The van der Waals surface area contributed by atoms with Crippen LogP contribution in [0.1, 0.15) is 17.4 Å². The summed E-state index contributed by atoms with van der Waals surface area (Å²) in [4.78, 5) is 26.7. The van der Waals surface area contributed by atoms with Crippen molar-refractivity contribution in [3.05, 3.63) is 105 Å². The summed E-state index contributed by atoms with van der Waals surface area (Å²) in [5.41, 5.74) is -2.85. The second-order valence-electron chi connectivity index (χ2n) is 8.94. The summed E-state index contributed by atoms with van der Waals surface area (Å²) < 4.78 is 46.2. The van der Waals surface area contributed by atoms with E-state index in [9.17, 15) is 9.59 Å². The van der Waals surface area contributed by atoms with Crippen molar-refractivity contribution < 1.29 is 28.1 Å². The smallest absolute Gasteiger partial charge is 0.353 e. The van der Waals surface area contributed by atoms with E-state index in [1.807, 2.05) is 60.7 Å². The maximum atomic E-state index is 15.1. The molecule has 1 spiro atoms. The second-order valence-corrected chi connectivity index (χ2v) is 9.27. The number of hydrogen-bond acceptors (Lipinski definition) is 8. The summed E-state index contributed by atoms with van der Waals surface area (Å²) in [6.07, 6.45) is -1.09. The topological polar surface area (TPSA) is 101 Å². The number of nitrogens with zero attached hydrogens (tertiary/aromatic N) is 1. The number of aromatic nitrogens is 2. The molecule has 2 aliphatic rings. The van der Waals surface area contributed by atoms with Crippen molar-refractivity contribution in [2.75, 3.05) is 19.9 Å². The predicted molar refractivity (Wildman–Crippen MR) is 134 cm³/mol. The maximum absolute atomic E-state index is 15.1. The Balaban J connectivity index is 1.53. The quantitative estimate of drug-likeness (QED) is 0.423. The standard InChI is InChI=1S/C26H25FN2O7S/c27-15-25(16-32-13-18-7-3-1-4-8-18)21(33-14-19-9-5-2-6-10-19)26(17-34-24(37)36-26)22(35-25)29-12-11-20(30)28-23(29)31/h1-12,21-22H,13-17H2,(H,28,30,31)/t21-,22-,25-,26+/m1/s1. The normalized spacial score (nSPS) is 26.8. The van der Waals surface area contributed by atoms with Crippen molar-refractivity contribution in [1.82, 2.24) is 9.55 Å². The van der Waals surface area contributed by atoms with Gasteiger partial charge in [-0.25, -0.2) is 9.18 Å². The summed E-state index contributed by atoms with van der Waals surface area (Å²) >= 11 is 5.15. The molecule has 9 nitrogen and oxygen atoms in total. The van der Waals surface area contributed by atoms with Gasteiger partial charge < -0.3 is 23.7 Å². The van der Waals surface area contributed by atoms with Crippen LogP contribution in [-0.2, 0) is 36.9 Å². The van der Waals surface area contributed by atoms with Crippen LogP contribution in [0.5, 0.6) is 0 Å². The Hall–Kier alpha value is -3.38. The predicted octanol–water partition coefficient (Wildman–Crippen LogP) is 2.65. The van der Waals surface area contributed by atoms with E-state index in [2.05, 4.69) is 4.98 Å². The lowest BCUT2D eigenvalue weighted by Gasteiger charge is -2.35. The molecule has 0 saturated carbocycles. The molecule has 0 radical (unpaired) electrons. The van der Waals surface area contributed by atoms with Crippen LogP contribution in [0, 0.1) is 0 Å². The number of alkyl halides is 1. The van der Waals surface area contributed by atoms with E-state index in [1.54, 1.807) is 0 Å². The minimum absolute atomic E-state index is 0.0976. The second kappa shape index (κ2) is 10.5. The van der Waals surface area contributed by atoms with Crippen LogP contribution >= 0.6 is 12.2 Å². The third-order valence-corrected chi connectivity index (χ3v) is 6.62. The highest BCUT2D eigenvalue weighted by Gasteiger charge is 2.71. The first-order valence-corrected chi connectivity index (χ1v) is 12.0. The highest BCUT2D eigenvalue weighted by molar-refractivity contribution is 7.79. The fourth-order valence-electron chi connectivity index (χ4n) is 4.71. The monoisotopic (exact) mass is 528 g/mol. The summed E-state index contributed by atoms with van der Waals surface area (Å²) in [5.74, 6) is 0. The summed E-state index contributed by atoms with van der Waals surface area (Å²) in [6.45, 7) is -1.11. The van der Waals surface area contributed by atoms with Gasteiger partial charge >= 0.3 is 10.9 Å². The number of hydrogen-bond donors (Lipinski definition) is 1. The van der Waals surface area contributed by atoms with E-state index < -0.39 is 41.5 Å². The summed E-state index contributed by atoms with van der Waals surface area (Å²) in [7, 11) is 0. The molecular formula is C26H25FN2O7S. The molecule has 2 aromatic carbocycles. The Morgan fingerprint density at radius 2 is 1.70 bits per heavy atom. The molecule has 3 heterocycles. The van der Waals surface area contributed by atoms with E-state index >= 15 is 4.39 Å². The van der Waals surface area contributed by atoms with Gasteiger partial charge in [0.2, 0.25) is 5.60 Å². The minimum atomic E-state index is -1.69. The Morgan fingerprint density at radius 3 is 2.30 bits per heavy atom. The van der Waals surface area contributed by atoms with Gasteiger partial charge in [-0.05, 0) is 11.1 Å². The first kappa shape index (κ1) is 25.3. The molecule has 194 valence electrons. The molecule has 2 fully saturated rings. The summed E-state index contributed by atoms with van der Waals surface area (Å²) in [6, 6.07) is 19.9. The van der Waals surface area contributed by atoms with E-state index in [4.69, 9.17) is 35.9 Å². The highest BCUT2D eigenvalue weighted by Crippen LogP contribution is 2.51. The van der Waals surface area contributed by atoms with E-state index in [-0.39, 0.29) is 31.7 Å². The van der Waals surface area contributed by atoms with Crippen LogP contribution in [0.25, 0.3) is 0 Å². The van der Waals surface area contributed by atoms with Crippen LogP contribution in [-0.4, -0.2) is 52.0 Å². The zero-order valence-electron chi connectivity index (χ0n) is 19.7. The molecule has 1 aromatic heterocycles. The third kappa shape index (κ3) is 4.95. The Kier molecular flexibility index (Phi) is 7.20. The maximum Gasteiger partial charge on any atom is 0.353 e. The molecule has 0 aliphatic carbocycles. The molecule has 1 N–H and O–H groups in total. The lowest BCUT2D eigenvalue weighted by atomic mass is 9.87. The van der Waals surface area contributed by atoms with Crippen molar-refractivity contribution in [2.45, 2.75) is 36.7 Å². The van der Waals surface area contributed by atoms with E-state index in [0.717, 1.165) is 21.8 Å². The van der Waals surface area contributed by atoms with Crippen molar-refractivity contribution in [3.63, 3.8) is 0 Å². The van der Waals surface area contributed by atoms with Gasteiger partial charge in [0.15, 0.2) is 11.8 Å². The molecule has 11 heteroatoms. The van der Waals surface area contributed by atoms with Gasteiger partial charge in [0.05, 0.1) is 19.8 Å². The number of rotatable bonds is 9. The van der Waals surface area contributed by atoms with Crippen molar-refractivity contribution in [3.8, 4) is 0 Å². The van der Waals surface area contributed by atoms with Crippen LogP contribution < -0.4 is 11.2 Å². The third-order valence-electron chi connectivity index (χ3n) is 6.42. The molecule has 0 amide bonds. The number of aromatic amines is 1. The largest absolute Gasteiger partial charge is 0.452 e. The Bertz CT molecular complexity index is 1350.